The van der Waals surface area contributed by atoms with Crippen molar-refractivity contribution in [1.82, 2.24) is 4.98 Å². The summed E-state index contributed by atoms with van der Waals surface area (Å²) in [5.74, 6) is 1.17. The van der Waals surface area contributed by atoms with Crippen molar-refractivity contribution in [3.8, 4) is 0 Å². The number of nitrogens with one attached hydrogen (secondary N) is 1. The van der Waals surface area contributed by atoms with Gasteiger partial charge in [0.2, 0.25) is 0 Å². The van der Waals surface area contributed by atoms with Crippen molar-refractivity contribution in [1.29, 1.82) is 0 Å². The molecule has 0 saturated heterocycles. The van der Waals surface area contributed by atoms with E-state index in [1.165, 1.54) is 18.4 Å². The lowest BCUT2D eigenvalue weighted by Crippen LogP contribution is -2.25. The van der Waals surface area contributed by atoms with E-state index in [0.717, 1.165) is 18.8 Å². The summed E-state index contributed by atoms with van der Waals surface area (Å²) in [5.41, 5.74) is 7.61. The van der Waals surface area contributed by atoms with Gasteiger partial charge in [-0.1, -0.05) is 36.4 Å². The van der Waals surface area contributed by atoms with E-state index in [4.69, 9.17) is 5.73 Å². The van der Waals surface area contributed by atoms with Crippen molar-refractivity contribution in [2.45, 2.75) is 19.3 Å². The monoisotopic (exact) mass is 280 g/mol. The molecule has 0 atom stereocenters. The van der Waals surface area contributed by atoms with E-state index >= 15 is 0 Å². The number of hydrogen-bond acceptors (Lipinski definition) is 2. The minimum absolute atomic E-state index is 0.303. The number of benzene rings is 1. The largest absolute Gasteiger partial charge is 0.370 e. The number of pyridine rings is 1. The van der Waals surface area contributed by atoms with Crippen molar-refractivity contribution in [2.24, 2.45) is 16.1 Å². The third-order valence-corrected chi connectivity index (χ3v) is 3.88. The van der Waals surface area contributed by atoms with Gasteiger partial charge in [-0.05, 0) is 42.4 Å². The number of hydrogen-bond donors (Lipinski definition) is 2. The molecule has 1 aromatic carbocycles. The summed E-state index contributed by atoms with van der Waals surface area (Å²) in [6.07, 6.45) is 5.26. The second kappa shape index (κ2) is 5.95. The van der Waals surface area contributed by atoms with Crippen LogP contribution in [-0.4, -0.2) is 17.5 Å². The first-order valence-electron chi connectivity index (χ1n) is 7.28. The highest BCUT2D eigenvalue weighted by Crippen LogP contribution is 2.48. The summed E-state index contributed by atoms with van der Waals surface area (Å²) in [4.78, 5) is 8.67. The van der Waals surface area contributed by atoms with Crippen LogP contribution in [0.5, 0.6) is 0 Å². The molecule has 3 N–H and O–H groups in total. The summed E-state index contributed by atoms with van der Waals surface area (Å²) < 4.78 is 0. The first kappa shape index (κ1) is 13.6. The molecule has 1 fully saturated rings. The van der Waals surface area contributed by atoms with Crippen LogP contribution in [0.25, 0.3) is 0 Å². The third kappa shape index (κ3) is 3.81. The van der Waals surface area contributed by atoms with E-state index < -0.39 is 0 Å². The number of nitrogens with two attached hydrogens (primary N) is 1. The summed E-state index contributed by atoms with van der Waals surface area (Å²) in [6, 6.07) is 16.3. The smallest absolute Gasteiger partial charge is 0.194 e. The van der Waals surface area contributed by atoms with Crippen LogP contribution < -0.4 is 11.1 Å². The molecule has 1 aliphatic rings. The van der Waals surface area contributed by atoms with Gasteiger partial charge in [0.1, 0.15) is 5.82 Å². The summed E-state index contributed by atoms with van der Waals surface area (Å²) in [5, 5.41) is 3.02. The number of anilines is 1. The molecule has 108 valence electrons. The molecule has 0 radical (unpaired) electrons. The summed E-state index contributed by atoms with van der Waals surface area (Å²) in [6.45, 7) is 0.771. The Morgan fingerprint density at radius 1 is 1.14 bits per heavy atom. The molecule has 3 rings (SSSR count). The van der Waals surface area contributed by atoms with Crippen molar-refractivity contribution >= 4 is 11.8 Å². The van der Waals surface area contributed by atoms with E-state index in [1.807, 2.05) is 18.2 Å². The lowest BCUT2D eigenvalue weighted by Gasteiger charge is -2.13. The van der Waals surface area contributed by atoms with Crippen LogP contribution in [0.4, 0.5) is 5.82 Å². The molecule has 2 aromatic rings. The lowest BCUT2D eigenvalue weighted by atomic mass is 9.97. The molecule has 0 bridgehead atoms. The maximum absolute atomic E-state index is 5.93. The van der Waals surface area contributed by atoms with Gasteiger partial charge in [0.15, 0.2) is 5.96 Å². The lowest BCUT2D eigenvalue weighted by molar-refractivity contribution is 0.522. The normalized spacial score (nSPS) is 16.5. The molecule has 4 nitrogen and oxygen atoms in total. The molecule has 21 heavy (non-hydrogen) atoms. The Kier molecular flexibility index (Phi) is 3.86. The minimum atomic E-state index is 0.303. The Bertz CT molecular complexity index is 603. The van der Waals surface area contributed by atoms with Crippen LogP contribution in [0.15, 0.2) is 59.7 Å². The molecule has 1 saturated carbocycles. The zero-order valence-corrected chi connectivity index (χ0v) is 12.0. The number of aromatic nitrogens is 1. The molecule has 0 amide bonds. The van der Waals surface area contributed by atoms with Gasteiger partial charge in [-0.15, -0.1) is 0 Å². The fourth-order valence-electron chi connectivity index (χ4n) is 2.46. The van der Waals surface area contributed by atoms with Gasteiger partial charge in [-0.3, -0.25) is 4.99 Å². The topological polar surface area (TPSA) is 63.3 Å². The van der Waals surface area contributed by atoms with Gasteiger partial charge in [0, 0.05) is 12.7 Å². The average molecular weight is 280 g/mol. The Balaban J connectivity index is 1.57. The van der Waals surface area contributed by atoms with Gasteiger partial charge in [-0.25, -0.2) is 4.98 Å². The Morgan fingerprint density at radius 2 is 1.90 bits per heavy atom. The third-order valence-electron chi connectivity index (χ3n) is 3.88. The maximum atomic E-state index is 5.93. The highest BCUT2D eigenvalue weighted by atomic mass is 15.1. The summed E-state index contributed by atoms with van der Waals surface area (Å²) >= 11 is 0. The predicted molar refractivity (Wildman–Crippen MR) is 86.2 cm³/mol. The second-order valence-electron chi connectivity index (χ2n) is 5.70. The van der Waals surface area contributed by atoms with E-state index in [2.05, 4.69) is 45.6 Å². The maximum Gasteiger partial charge on any atom is 0.194 e. The standard InChI is InChI=1S/C17H20N4/c18-16(21-15-8-4-5-11-19-15)20-13-17(9-10-17)12-14-6-2-1-3-7-14/h1-8,11H,9-10,12-13H2,(H3,18,19,20,21). The summed E-state index contributed by atoms with van der Waals surface area (Å²) in [7, 11) is 0. The predicted octanol–water partition coefficient (Wildman–Crippen LogP) is 2.83. The van der Waals surface area contributed by atoms with Crippen molar-refractivity contribution in [2.75, 3.05) is 11.9 Å². The SMILES string of the molecule is NC(=NCC1(Cc2ccccc2)CC1)Nc1ccccn1. The molecular formula is C17H20N4. The number of nitrogens with zero attached hydrogens (tertiary/aromatic N) is 2. The molecule has 0 spiro atoms. The van der Waals surface area contributed by atoms with E-state index in [1.54, 1.807) is 6.20 Å². The van der Waals surface area contributed by atoms with Crippen LogP contribution in [0, 0.1) is 5.41 Å². The van der Waals surface area contributed by atoms with Crippen LogP contribution in [0.3, 0.4) is 0 Å². The number of rotatable bonds is 5. The van der Waals surface area contributed by atoms with Gasteiger partial charge in [-0.2, -0.15) is 0 Å². The Morgan fingerprint density at radius 3 is 2.57 bits per heavy atom. The van der Waals surface area contributed by atoms with Crippen LogP contribution in [0.2, 0.25) is 0 Å². The van der Waals surface area contributed by atoms with Crippen LogP contribution >= 0.6 is 0 Å². The van der Waals surface area contributed by atoms with Crippen molar-refractivity contribution < 1.29 is 0 Å². The fourth-order valence-corrected chi connectivity index (χ4v) is 2.46. The first-order chi connectivity index (χ1) is 10.3. The van der Waals surface area contributed by atoms with E-state index in [0.29, 0.717) is 11.4 Å². The van der Waals surface area contributed by atoms with Gasteiger partial charge >= 0.3 is 0 Å². The zero-order valence-electron chi connectivity index (χ0n) is 12.0. The molecule has 1 aromatic heterocycles. The molecular weight excluding hydrogens is 260 g/mol. The first-order valence-corrected chi connectivity index (χ1v) is 7.28. The van der Waals surface area contributed by atoms with Crippen molar-refractivity contribution in [3.63, 3.8) is 0 Å². The quantitative estimate of drug-likeness (QED) is 0.654. The minimum Gasteiger partial charge on any atom is -0.370 e. The highest BCUT2D eigenvalue weighted by Gasteiger charge is 2.42. The average Bonchev–Trinajstić information content (AvgIpc) is 3.27. The molecule has 0 unspecified atom stereocenters. The van der Waals surface area contributed by atoms with Crippen LogP contribution in [-0.2, 0) is 6.42 Å². The van der Waals surface area contributed by atoms with E-state index in [9.17, 15) is 0 Å². The Hall–Kier alpha value is -2.36. The number of guanidine groups is 1. The second-order valence-corrected chi connectivity index (χ2v) is 5.70. The van der Waals surface area contributed by atoms with Crippen LogP contribution in [0.1, 0.15) is 18.4 Å². The van der Waals surface area contributed by atoms with E-state index in [-0.39, 0.29) is 0 Å². The molecule has 4 heteroatoms. The molecule has 1 heterocycles. The Labute approximate surface area is 125 Å². The zero-order chi connectivity index (χ0) is 14.5. The molecule has 0 aliphatic heterocycles. The molecule has 1 aliphatic carbocycles. The van der Waals surface area contributed by atoms with Crippen molar-refractivity contribution in [3.05, 3.63) is 60.3 Å². The highest BCUT2D eigenvalue weighted by molar-refractivity contribution is 5.91. The van der Waals surface area contributed by atoms with Gasteiger partial charge < -0.3 is 11.1 Å². The van der Waals surface area contributed by atoms with Gasteiger partial charge in [0.25, 0.3) is 0 Å². The van der Waals surface area contributed by atoms with Gasteiger partial charge in [0.05, 0.1) is 0 Å². The fraction of sp³-hybridized carbons (Fsp3) is 0.294. The number of aliphatic imine (C=N–C) groups is 1.